The van der Waals surface area contributed by atoms with E-state index in [0.29, 0.717) is 0 Å². The fraction of sp³-hybridized carbons (Fsp3) is 0.0278. The normalized spacial score (nSPS) is 12.0. The Morgan fingerprint density at radius 3 is 2.34 bits per heavy atom. The largest absolute Gasteiger partial charge is 0.459 e. The first-order chi connectivity index (χ1) is 20.2. The van der Waals surface area contributed by atoms with Crippen molar-refractivity contribution in [3.8, 4) is 0 Å². The standard InChI is InChI=1S/C36H25N3O2/c1-22-26(17-19-37)29-10-6-11-31(35(29)40-22)39(32-18-20-38-34-30-9-4-5-12-33(30)41-36(32)34)25-15-16-28-24(21-25)14-13-23-7-2-3-8-27(23)28/h2-21H,37H2,1H3/b19-17-. The lowest BCUT2D eigenvalue weighted by molar-refractivity contribution is 0.578. The van der Waals surface area contributed by atoms with Gasteiger partial charge in [0.2, 0.25) is 0 Å². The van der Waals surface area contributed by atoms with Crippen LogP contribution >= 0.6 is 0 Å². The zero-order valence-electron chi connectivity index (χ0n) is 22.3. The van der Waals surface area contributed by atoms with Crippen molar-refractivity contribution < 1.29 is 8.83 Å². The van der Waals surface area contributed by atoms with Gasteiger partial charge in [-0.3, -0.25) is 4.98 Å². The van der Waals surface area contributed by atoms with Gasteiger partial charge in [-0.2, -0.15) is 0 Å². The smallest absolute Gasteiger partial charge is 0.177 e. The molecule has 0 aliphatic carbocycles. The molecule has 0 amide bonds. The van der Waals surface area contributed by atoms with E-state index in [9.17, 15) is 0 Å². The highest BCUT2D eigenvalue weighted by molar-refractivity contribution is 6.12. The van der Waals surface area contributed by atoms with Gasteiger partial charge in [0, 0.05) is 28.2 Å². The third-order valence-corrected chi connectivity index (χ3v) is 7.89. The summed E-state index contributed by atoms with van der Waals surface area (Å²) in [6.07, 6.45) is 5.29. The number of hydrogen-bond donors (Lipinski definition) is 1. The van der Waals surface area contributed by atoms with Crippen LogP contribution in [0, 0.1) is 6.92 Å². The van der Waals surface area contributed by atoms with Crippen LogP contribution in [0.15, 0.2) is 124 Å². The Labute approximate surface area is 235 Å². The number of anilines is 3. The molecule has 3 heterocycles. The van der Waals surface area contributed by atoms with Gasteiger partial charge in [-0.05, 0) is 77.1 Å². The minimum Gasteiger partial charge on any atom is -0.459 e. The van der Waals surface area contributed by atoms with Crippen LogP contribution in [0.4, 0.5) is 17.1 Å². The van der Waals surface area contributed by atoms with E-state index in [1.807, 2.05) is 49.5 Å². The molecule has 5 nitrogen and oxygen atoms in total. The Morgan fingerprint density at radius 2 is 1.44 bits per heavy atom. The third-order valence-electron chi connectivity index (χ3n) is 7.89. The molecule has 0 fully saturated rings. The second-order valence-electron chi connectivity index (χ2n) is 10.2. The van der Waals surface area contributed by atoms with Crippen LogP contribution in [0.2, 0.25) is 0 Å². The molecule has 0 saturated heterocycles. The lowest BCUT2D eigenvalue weighted by Crippen LogP contribution is -2.10. The Morgan fingerprint density at radius 1 is 0.683 bits per heavy atom. The SMILES string of the molecule is Cc1oc2c(N(c3ccc4c(ccc5ccccc54)c3)c3ccnc4c3oc3ccccc34)cccc2c1/C=C\N. The van der Waals surface area contributed by atoms with Crippen LogP contribution in [0.3, 0.4) is 0 Å². The number of para-hydroxylation sites is 2. The molecule has 0 bridgehead atoms. The topological polar surface area (TPSA) is 68.4 Å². The summed E-state index contributed by atoms with van der Waals surface area (Å²) in [4.78, 5) is 6.93. The van der Waals surface area contributed by atoms with Crippen LogP contribution in [0.5, 0.6) is 0 Å². The van der Waals surface area contributed by atoms with E-state index in [-0.39, 0.29) is 0 Å². The van der Waals surface area contributed by atoms with Gasteiger partial charge in [-0.1, -0.05) is 66.7 Å². The quantitative estimate of drug-likeness (QED) is 0.229. The van der Waals surface area contributed by atoms with Crippen LogP contribution < -0.4 is 10.6 Å². The first-order valence-electron chi connectivity index (χ1n) is 13.6. The monoisotopic (exact) mass is 531 g/mol. The second kappa shape index (κ2) is 9.00. The summed E-state index contributed by atoms with van der Waals surface area (Å²) in [5, 5.41) is 6.78. The Kier molecular flexibility index (Phi) is 5.12. The predicted octanol–water partition coefficient (Wildman–Crippen LogP) is 9.74. The van der Waals surface area contributed by atoms with Crippen molar-refractivity contribution in [2.45, 2.75) is 6.92 Å². The summed E-state index contributed by atoms with van der Waals surface area (Å²) in [5.41, 5.74) is 12.6. The zero-order valence-corrected chi connectivity index (χ0v) is 22.3. The predicted molar refractivity (Wildman–Crippen MR) is 169 cm³/mol. The fourth-order valence-corrected chi connectivity index (χ4v) is 6.04. The van der Waals surface area contributed by atoms with Crippen LogP contribution in [0.25, 0.3) is 60.7 Å². The first-order valence-corrected chi connectivity index (χ1v) is 13.6. The molecule has 2 N–H and O–H groups in total. The van der Waals surface area contributed by atoms with Crippen LogP contribution in [-0.2, 0) is 0 Å². The fourth-order valence-electron chi connectivity index (χ4n) is 6.04. The molecular weight excluding hydrogens is 506 g/mol. The van der Waals surface area contributed by atoms with Crippen LogP contribution in [0.1, 0.15) is 11.3 Å². The molecule has 196 valence electrons. The number of rotatable bonds is 4. The number of pyridine rings is 1. The van der Waals surface area contributed by atoms with E-state index in [2.05, 4.69) is 77.7 Å². The number of aromatic nitrogens is 1. The lowest BCUT2D eigenvalue weighted by Gasteiger charge is -2.26. The summed E-state index contributed by atoms with van der Waals surface area (Å²) >= 11 is 0. The average Bonchev–Trinajstić information content (AvgIpc) is 3.55. The van der Waals surface area contributed by atoms with E-state index in [1.165, 1.54) is 16.2 Å². The maximum atomic E-state index is 6.47. The molecule has 0 aliphatic heterocycles. The summed E-state index contributed by atoms with van der Waals surface area (Å²) in [6.45, 7) is 1.97. The van der Waals surface area contributed by atoms with Crippen molar-refractivity contribution in [1.82, 2.24) is 4.98 Å². The highest BCUT2D eigenvalue weighted by atomic mass is 16.3. The van der Waals surface area contributed by atoms with Gasteiger partial charge >= 0.3 is 0 Å². The molecule has 0 unspecified atom stereocenters. The summed E-state index contributed by atoms with van der Waals surface area (Å²) in [6, 6.07) is 35.7. The number of fused-ring (bicyclic) bond motifs is 7. The molecule has 0 radical (unpaired) electrons. The summed E-state index contributed by atoms with van der Waals surface area (Å²) < 4.78 is 12.9. The first kappa shape index (κ1) is 23.3. The number of nitrogens with two attached hydrogens (primary N) is 1. The van der Waals surface area contributed by atoms with E-state index in [1.54, 1.807) is 6.20 Å². The molecule has 8 rings (SSSR count). The van der Waals surface area contributed by atoms with Gasteiger partial charge in [0.15, 0.2) is 11.2 Å². The van der Waals surface area contributed by atoms with E-state index in [0.717, 1.165) is 66.8 Å². The number of nitrogens with zero attached hydrogens (tertiary/aromatic N) is 2. The Balaban J connectivity index is 1.45. The molecule has 0 atom stereocenters. The Hall–Kier alpha value is -5.55. The van der Waals surface area contributed by atoms with Crippen molar-refractivity contribution in [3.63, 3.8) is 0 Å². The number of benzene rings is 5. The van der Waals surface area contributed by atoms with Crippen molar-refractivity contribution in [2.75, 3.05) is 4.90 Å². The number of aryl methyl sites for hydroxylation is 1. The van der Waals surface area contributed by atoms with Gasteiger partial charge in [-0.25, -0.2) is 0 Å². The molecule has 0 saturated carbocycles. The average molecular weight is 532 g/mol. The number of hydrogen-bond acceptors (Lipinski definition) is 5. The van der Waals surface area contributed by atoms with Crippen LogP contribution in [-0.4, -0.2) is 4.98 Å². The maximum Gasteiger partial charge on any atom is 0.177 e. The van der Waals surface area contributed by atoms with Crippen molar-refractivity contribution >= 4 is 77.7 Å². The molecule has 8 aromatic rings. The van der Waals surface area contributed by atoms with Gasteiger partial charge in [0.05, 0.1) is 11.4 Å². The highest BCUT2D eigenvalue weighted by Gasteiger charge is 2.24. The van der Waals surface area contributed by atoms with E-state index >= 15 is 0 Å². The molecule has 3 aromatic heterocycles. The molecule has 5 heteroatoms. The van der Waals surface area contributed by atoms with Gasteiger partial charge in [0.1, 0.15) is 16.9 Å². The second-order valence-corrected chi connectivity index (χ2v) is 10.2. The lowest BCUT2D eigenvalue weighted by atomic mass is 10.0. The van der Waals surface area contributed by atoms with Crippen molar-refractivity contribution in [3.05, 3.63) is 127 Å². The van der Waals surface area contributed by atoms with Gasteiger partial charge in [0.25, 0.3) is 0 Å². The molecule has 0 aliphatic rings. The molecule has 41 heavy (non-hydrogen) atoms. The van der Waals surface area contributed by atoms with Crippen molar-refractivity contribution in [2.24, 2.45) is 5.73 Å². The van der Waals surface area contributed by atoms with Crippen molar-refractivity contribution in [1.29, 1.82) is 0 Å². The zero-order chi connectivity index (χ0) is 27.5. The van der Waals surface area contributed by atoms with Gasteiger partial charge < -0.3 is 19.5 Å². The Bertz CT molecular complexity index is 2310. The van der Waals surface area contributed by atoms with Gasteiger partial charge in [-0.15, -0.1) is 0 Å². The molecule has 0 spiro atoms. The molecule has 5 aromatic carbocycles. The van der Waals surface area contributed by atoms with E-state index < -0.39 is 0 Å². The minimum atomic E-state index is 0.717. The summed E-state index contributed by atoms with van der Waals surface area (Å²) in [5.74, 6) is 0.808. The molecular formula is C36H25N3O2. The minimum absolute atomic E-state index is 0.717. The van der Waals surface area contributed by atoms with E-state index in [4.69, 9.17) is 19.6 Å². The third kappa shape index (κ3) is 3.52. The number of furan rings is 2. The highest BCUT2D eigenvalue weighted by Crippen LogP contribution is 2.45. The summed E-state index contributed by atoms with van der Waals surface area (Å²) in [7, 11) is 0. The maximum absolute atomic E-state index is 6.47.